The van der Waals surface area contributed by atoms with Crippen LogP contribution in [0.4, 0.5) is 0 Å². The van der Waals surface area contributed by atoms with Crippen LogP contribution in [0.2, 0.25) is 0 Å². The third-order valence-electron chi connectivity index (χ3n) is 1.88. The van der Waals surface area contributed by atoms with Gasteiger partial charge in [-0.2, -0.15) is 0 Å². The first-order valence-corrected chi connectivity index (χ1v) is 4.89. The first kappa shape index (κ1) is 12.6. The summed E-state index contributed by atoms with van der Waals surface area (Å²) in [4.78, 5) is 0. The van der Waals surface area contributed by atoms with Gasteiger partial charge in [-0.15, -0.1) is 6.58 Å². The molecule has 0 aliphatic rings. The third kappa shape index (κ3) is 7.96. The highest BCUT2D eigenvalue weighted by molar-refractivity contribution is 4.92. The van der Waals surface area contributed by atoms with Crippen molar-refractivity contribution in [1.82, 2.24) is 5.43 Å². The number of hydrazine groups is 1. The topological polar surface area (TPSA) is 47.3 Å². The minimum absolute atomic E-state index is 0.345. The van der Waals surface area contributed by atoms with Crippen molar-refractivity contribution >= 4 is 0 Å². The Labute approximate surface area is 81.3 Å². The fraction of sp³-hybridized carbons (Fsp3) is 0.800. The van der Waals surface area contributed by atoms with E-state index >= 15 is 0 Å². The Kier molecular flexibility index (Phi) is 7.99. The van der Waals surface area contributed by atoms with Crippen LogP contribution in [0, 0.1) is 0 Å². The van der Waals surface area contributed by atoms with Crippen molar-refractivity contribution in [2.45, 2.75) is 39.2 Å². The summed E-state index contributed by atoms with van der Waals surface area (Å²) in [7, 11) is 0. The smallest absolute Gasteiger partial charge is 0.0466 e. The molecule has 3 nitrogen and oxygen atoms in total. The zero-order valence-electron chi connectivity index (χ0n) is 8.81. The average Bonchev–Trinajstić information content (AvgIpc) is 2.09. The lowest BCUT2D eigenvalue weighted by atomic mass is 10.1. The summed E-state index contributed by atoms with van der Waals surface area (Å²) in [6, 6.07) is 0.345. The summed E-state index contributed by atoms with van der Waals surface area (Å²) in [6.45, 7) is 9.50. The minimum atomic E-state index is 0.345. The summed E-state index contributed by atoms with van der Waals surface area (Å²) in [5.41, 5.74) is 3.96. The van der Waals surface area contributed by atoms with Crippen LogP contribution in [-0.4, -0.2) is 19.3 Å². The molecule has 0 heterocycles. The molecule has 0 radical (unpaired) electrons. The summed E-state index contributed by atoms with van der Waals surface area (Å²) in [5, 5.41) is 0. The van der Waals surface area contributed by atoms with Gasteiger partial charge in [-0.1, -0.05) is 5.57 Å². The largest absolute Gasteiger partial charge is 0.382 e. The van der Waals surface area contributed by atoms with E-state index in [0.717, 1.165) is 32.5 Å². The highest BCUT2D eigenvalue weighted by Crippen LogP contribution is 2.07. The molecule has 0 aromatic rings. The Bertz CT molecular complexity index is 137. The van der Waals surface area contributed by atoms with E-state index in [1.807, 2.05) is 13.8 Å². The van der Waals surface area contributed by atoms with Crippen LogP contribution in [0.25, 0.3) is 0 Å². The van der Waals surface area contributed by atoms with E-state index in [-0.39, 0.29) is 0 Å². The van der Waals surface area contributed by atoms with Crippen LogP contribution in [0.3, 0.4) is 0 Å². The third-order valence-corrected chi connectivity index (χ3v) is 1.88. The molecular formula is C10H22N2O. The van der Waals surface area contributed by atoms with Gasteiger partial charge in [0, 0.05) is 19.3 Å². The van der Waals surface area contributed by atoms with Crippen molar-refractivity contribution < 1.29 is 4.74 Å². The number of nitrogens with one attached hydrogen (secondary N) is 1. The zero-order valence-corrected chi connectivity index (χ0v) is 8.81. The van der Waals surface area contributed by atoms with E-state index in [1.54, 1.807) is 0 Å². The fourth-order valence-electron chi connectivity index (χ4n) is 1.24. The predicted octanol–water partition coefficient (Wildman–Crippen LogP) is 1.60. The predicted molar refractivity (Wildman–Crippen MR) is 56.3 cm³/mol. The van der Waals surface area contributed by atoms with Gasteiger partial charge in [-0.25, -0.2) is 0 Å². The van der Waals surface area contributed by atoms with Crippen LogP contribution in [0.5, 0.6) is 0 Å². The Hall–Kier alpha value is -0.380. The van der Waals surface area contributed by atoms with E-state index in [0.29, 0.717) is 6.04 Å². The van der Waals surface area contributed by atoms with Gasteiger partial charge in [-0.3, -0.25) is 11.3 Å². The highest BCUT2D eigenvalue weighted by Gasteiger charge is 2.05. The van der Waals surface area contributed by atoms with Crippen molar-refractivity contribution in [1.29, 1.82) is 0 Å². The van der Waals surface area contributed by atoms with E-state index in [1.165, 1.54) is 5.57 Å². The SMILES string of the molecule is C=C(C)CC(CCCOCC)NN. The second kappa shape index (κ2) is 8.23. The molecule has 0 aromatic carbocycles. The van der Waals surface area contributed by atoms with Gasteiger partial charge in [0.1, 0.15) is 0 Å². The second-order valence-corrected chi connectivity index (χ2v) is 3.36. The van der Waals surface area contributed by atoms with Crippen LogP contribution in [0.1, 0.15) is 33.1 Å². The van der Waals surface area contributed by atoms with Gasteiger partial charge in [0.25, 0.3) is 0 Å². The number of hydrogen-bond donors (Lipinski definition) is 2. The van der Waals surface area contributed by atoms with Crippen molar-refractivity contribution in [3.8, 4) is 0 Å². The Morgan fingerprint density at radius 1 is 1.62 bits per heavy atom. The Morgan fingerprint density at radius 2 is 2.31 bits per heavy atom. The minimum Gasteiger partial charge on any atom is -0.382 e. The van der Waals surface area contributed by atoms with Gasteiger partial charge in [0.2, 0.25) is 0 Å². The standard InChI is InChI=1S/C10H22N2O/c1-4-13-7-5-6-10(12-11)8-9(2)3/h10,12H,2,4-8,11H2,1,3H3. The lowest BCUT2D eigenvalue weighted by molar-refractivity contribution is 0.140. The molecule has 0 spiro atoms. The number of ether oxygens (including phenoxy) is 1. The van der Waals surface area contributed by atoms with E-state index in [2.05, 4.69) is 12.0 Å². The summed E-state index contributed by atoms with van der Waals surface area (Å²) >= 11 is 0. The molecule has 0 fully saturated rings. The first-order valence-electron chi connectivity index (χ1n) is 4.89. The molecular weight excluding hydrogens is 164 g/mol. The van der Waals surface area contributed by atoms with Crippen molar-refractivity contribution in [3.05, 3.63) is 12.2 Å². The maximum Gasteiger partial charge on any atom is 0.0466 e. The monoisotopic (exact) mass is 186 g/mol. The van der Waals surface area contributed by atoms with Crippen molar-refractivity contribution in [3.63, 3.8) is 0 Å². The normalized spacial score (nSPS) is 12.8. The number of nitrogens with two attached hydrogens (primary N) is 1. The molecule has 1 unspecified atom stereocenters. The summed E-state index contributed by atoms with van der Waals surface area (Å²) in [6.07, 6.45) is 3.04. The highest BCUT2D eigenvalue weighted by atomic mass is 16.5. The maximum atomic E-state index is 5.40. The molecule has 0 bridgehead atoms. The van der Waals surface area contributed by atoms with Gasteiger partial charge < -0.3 is 4.74 Å². The van der Waals surface area contributed by atoms with Crippen LogP contribution < -0.4 is 11.3 Å². The first-order chi connectivity index (χ1) is 6.20. The molecule has 0 rings (SSSR count). The van der Waals surface area contributed by atoms with Crippen molar-refractivity contribution in [2.75, 3.05) is 13.2 Å². The maximum absolute atomic E-state index is 5.40. The zero-order chi connectivity index (χ0) is 10.1. The lowest BCUT2D eigenvalue weighted by Crippen LogP contribution is -2.35. The molecule has 0 saturated heterocycles. The molecule has 3 N–H and O–H groups in total. The van der Waals surface area contributed by atoms with Crippen molar-refractivity contribution in [2.24, 2.45) is 5.84 Å². The van der Waals surface area contributed by atoms with Gasteiger partial charge in [0.15, 0.2) is 0 Å². The van der Waals surface area contributed by atoms with E-state index < -0.39 is 0 Å². The Morgan fingerprint density at radius 3 is 2.77 bits per heavy atom. The Balaban J connectivity index is 3.42. The summed E-state index contributed by atoms with van der Waals surface area (Å²) < 4.78 is 5.24. The van der Waals surface area contributed by atoms with Crippen LogP contribution >= 0.6 is 0 Å². The molecule has 0 aliphatic heterocycles. The number of hydrogen-bond acceptors (Lipinski definition) is 3. The molecule has 1 atom stereocenters. The molecule has 0 aromatic heterocycles. The quantitative estimate of drug-likeness (QED) is 0.262. The second-order valence-electron chi connectivity index (χ2n) is 3.36. The molecule has 3 heteroatoms. The average molecular weight is 186 g/mol. The molecule has 78 valence electrons. The molecule has 0 amide bonds. The van der Waals surface area contributed by atoms with Gasteiger partial charge in [-0.05, 0) is 33.1 Å². The molecule has 13 heavy (non-hydrogen) atoms. The number of rotatable bonds is 8. The van der Waals surface area contributed by atoms with E-state index in [9.17, 15) is 0 Å². The van der Waals surface area contributed by atoms with Gasteiger partial charge >= 0.3 is 0 Å². The lowest BCUT2D eigenvalue weighted by Gasteiger charge is -2.15. The summed E-state index contributed by atoms with van der Waals surface area (Å²) in [5.74, 6) is 5.40. The molecule has 0 saturated carbocycles. The molecule has 0 aliphatic carbocycles. The fourth-order valence-corrected chi connectivity index (χ4v) is 1.24. The van der Waals surface area contributed by atoms with Gasteiger partial charge in [0.05, 0.1) is 0 Å². The van der Waals surface area contributed by atoms with Crippen LogP contribution in [0.15, 0.2) is 12.2 Å². The van der Waals surface area contributed by atoms with E-state index in [4.69, 9.17) is 10.6 Å². The van der Waals surface area contributed by atoms with Crippen LogP contribution in [-0.2, 0) is 4.74 Å².